The molecule has 1 aromatic rings. The van der Waals surface area contributed by atoms with Crippen molar-refractivity contribution in [2.75, 3.05) is 6.61 Å². The van der Waals surface area contributed by atoms with Gasteiger partial charge in [-0.3, -0.25) is 0 Å². The summed E-state index contributed by atoms with van der Waals surface area (Å²) in [5.74, 6) is 0.543. The Morgan fingerprint density at radius 3 is 2.45 bits per heavy atom. The van der Waals surface area contributed by atoms with E-state index in [1.165, 1.54) is 17.7 Å². The molecule has 0 fully saturated rings. The molecule has 0 aliphatic carbocycles. The Bertz CT molecular complexity index is 619. The molecule has 20 heavy (non-hydrogen) atoms. The van der Waals surface area contributed by atoms with Gasteiger partial charge in [-0.05, 0) is 23.6 Å². The van der Waals surface area contributed by atoms with Crippen molar-refractivity contribution >= 4 is 33.2 Å². The maximum absolute atomic E-state index is 11.4. The maximum Gasteiger partial charge on any atom is 0.238 e. The Morgan fingerprint density at radius 1 is 1.40 bits per heavy atom. The van der Waals surface area contributed by atoms with Gasteiger partial charge in [-0.2, -0.15) is 0 Å². The van der Waals surface area contributed by atoms with Gasteiger partial charge in [0.15, 0.2) is 0 Å². The van der Waals surface area contributed by atoms with Crippen LogP contribution in [0.3, 0.4) is 0 Å². The van der Waals surface area contributed by atoms with Crippen molar-refractivity contribution in [3.63, 3.8) is 0 Å². The van der Waals surface area contributed by atoms with Crippen LogP contribution in [-0.2, 0) is 15.4 Å². The van der Waals surface area contributed by atoms with Crippen molar-refractivity contribution in [2.24, 2.45) is 5.14 Å². The lowest BCUT2D eigenvalue weighted by atomic mass is 9.86. The third-order valence-corrected chi connectivity index (χ3v) is 4.08. The van der Waals surface area contributed by atoms with Crippen LogP contribution in [0.15, 0.2) is 33.7 Å². The van der Waals surface area contributed by atoms with E-state index in [0.29, 0.717) is 10.8 Å². The van der Waals surface area contributed by atoms with E-state index in [4.69, 9.17) is 33.1 Å². The van der Waals surface area contributed by atoms with E-state index in [9.17, 15) is 8.42 Å². The van der Waals surface area contributed by atoms with Crippen molar-refractivity contribution < 1.29 is 13.2 Å². The molecule has 0 bridgehead atoms. The predicted octanol–water partition coefficient (Wildman–Crippen LogP) is 3.33. The zero-order valence-corrected chi connectivity index (χ0v) is 13.8. The van der Waals surface area contributed by atoms with Crippen LogP contribution < -0.4 is 9.88 Å². The number of hydrogen-bond acceptors (Lipinski definition) is 3. The normalized spacial score (nSPS) is 13.4. The fraction of sp³-hybridized carbons (Fsp3) is 0.385. The van der Waals surface area contributed by atoms with Gasteiger partial charge in [0.1, 0.15) is 12.4 Å². The maximum atomic E-state index is 11.4. The molecule has 112 valence electrons. The molecular weight excluding hydrogens is 321 g/mol. The second-order valence-electron chi connectivity index (χ2n) is 5.30. The van der Waals surface area contributed by atoms with Gasteiger partial charge < -0.3 is 4.74 Å². The number of ether oxygens (including phenoxy) is 1. The van der Waals surface area contributed by atoms with Crippen LogP contribution >= 0.6 is 23.2 Å². The summed E-state index contributed by atoms with van der Waals surface area (Å²) in [5, 5.41) is 5.50. The second kappa shape index (κ2) is 6.35. The lowest BCUT2D eigenvalue weighted by Crippen LogP contribution is -2.17. The molecule has 0 spiro atoms. The van der Waals surface area contributed by atoms with Crippen LogP contribution in [0.1, 0.15) is 26.3 Å². The quantitative estimate of drug-likeness (QED) is 0.915. The van der Waals surface area contributed by atoms with Gasteiger partial charge in [-0.1, -0.05) is 44.0 Å². The molecule has 0 unspecified atom stereocenters. The summed E-state index contributed by atoms with van der Waals surface area (Å²) in [4.78, 5) is 0.0498. The SMILES string of the molecule is CC(C)(C)c1cc(S(N)(=O)=O)ccc1OC/C(Cl)=C/Cl. The molecule has 4 nitrogen and oxygen atoms in total. The van der Waals surface area contributed by atoms with Crippen LogP contribution in [0.2, 0.25) is 0 Å². The average Bonchev–Trinajstić information content (AvgIpc) is 2.33. The molecule has 1 aromatic carbocycles. The Labute approximate surface area is 129 Å². The fourth-order valence-corrected chi connectivity index (χ4v) is 2.23. The molecule has 1 rings (SSSR count). The molecule has 7 heteroatoms. The van der Waals surface area contributed by atoms with Crippen molar-refractivity contribution in [2.45, 2.75) is 31.1 Å². The van der Waals surface area contributed by atoms with E-state index in [1.807, 2.05) is 20.8 Å². The van der Waals surface area contributed by atoms with E-state index >= 15 is 0 Å². The van der Waals surface area contributed by atoms with Gasteiger partial charge in [0.2, 0.25) is 10.0 Å². The van der Waals surface area contributed by atoms with E-state index in [2.05, 4.69) is 0 Å². The van der Waals surface area contributed by atoms with Crippen molar-refractivity contribution in [1.82, 2.24) is 0 Å². The molecule has 2 N–H and O–H groups in total. The Morgan fingerprint density at radius 2 is 2.00 bits per heavy atom. The fourth-order valence-electron chi connectivity index (χ4n) is 1.58. The molecule has 0 aromatic heterocycles. The first-order chi connectivity index (χ1) is 9.05. The van der Waals surface area contributed by atoms with E-state index in [-0.39, 0.29) is 16.9 Å². The molecular formula is C13H17Cl2NO3S. The lowest BCUT2D eigenvalue weighted by Gasteiger charge is -2.23. The van der Waals surface area contributed by atoms with Crippen LogP contribution in [0.5, 0.6) is 5.75 Å². The van der Waals surface area contributed by atoms with Gasteiger partial charge in [0.05, 0.1) is 9.93 Å². The van der Waals surface area contributed by atoms with Crippen molar-refractivity contribution in [3.8, 4) is 5.75 Å². The summed E-state index contributed by atoms with van der Waals surface area (Å²) in [5.41, 5.74) is 1.63. The second-order valence-corrected chi connectivity index (χ2v) is 7.56. The van der Waals surface area contributed by atoms with Crippen molar-refractivity contribution in [1.29, 1.82) is 0 Å². The third-order valence-electron chi connectivity index (χ3n) is 2.57. The standard InChI is InChI=1S/C13H17Cl2NO3S/c1-13(2,3)11-6-10(20(16,17)18)4-5-12(11)19-8-9(15)7-14/h4-7H,8H2,1-3H3,(H2,16,17,18)/b9-7-. The summed E-state index contributed by atoms with van der Waals surface area (Å²) >= 11 is 11.2. The Kier molecular flexibility index (Phi) is 5.49. The van der Waals surface area contributed by atoms with Gasteiger partial charge in [0.25, 0.3) is 0 Å². The number of primary sulfonamides is 1. The van der Waals surface area contributed by atoms with Crippen molar-refractivity contribution in [3.05, 3.63) is 34.3 Å². The molecule has 0 aliphatic heterocycles. The number of halogens is 2. The van der Waals surface area contributed by atoms with Crippen LogP contribution in [0.4, 0.5) is 0 Å². The number of nitrogens with two attached hydrogens (primary N) is 1. The van der Waals surface area contributed by atoms with Gasteiger partial charge >= 0.3 is 0 Å². The molecule has 0 saturated carbocycles. The van der Waals surface area contributed by atoms with Crippen LogP contribution in [0.25, 0.3) is 0 Å². The van der Waals surface area contributed by atoms with Crippen LogP contribution in [-0.4, -0.2) is 15.0 Å². The monoisotopic (exact) mass is 337 g/mol. The largest absolute Gasteiger partial charge is 0.488 e. The topological polar surface area (TPSA) is 69.4 Å². The zero-order valence-electron chi connectivity index (χ0n) is 11.5. The number of sulfonamides is 1. The summed E-state index contributed by atoms with van der Waals surface area (Å²) < 4.78 is 28.4. The first kappa shape index (κ1) is 17.3. The molecule has 0 aliphatic rings. The van der Waals surface area contributed by atoms with E-state index < -0.39 is 10.0 Å². The first-order valence-corrected chi connectivity index (χ1v) is 8.16. The molecule has 0 radical (unpaired) electrons. The number of hydrogen-bond donors (Lipinski definition) is 1. The molecule has 0 saturated heterocycles. The van der Waals surface area contributed by atoms with E-state index in [0.717, 1.165) is 5.56 Å². The highest BCUT2D eigenvalue weighted by Crippen LogP contribution is 2.33. The van der Waals surface area contributed by atoms with Crippen LogP contribution in [0, 0.1) is 0 Å². The first-order valence-electron chi connectivity index (χ1n) is 5.80. The molecule has 0 heterocycles. The summed E-state index contributed by atoms with van der Waals surface area (Å²) in [7, 11) is -3.75. The highest BCUT2D eigenvalue weighted by Gasteiger charge is 2.22. The summed E-state index contributed by atoms with van der Waals surface area (Å²) in [6.07, 6.45) is 0. The summed E-state index contributed by atoms with van der Waals surface area (Å²) in [6.45, 7) is 5.95. The van der Waals surface area contributed by atoms with E-state index in [1.54, 1.807) is 6.07 Å². The average molecular weight is 338 g/mol. The highest BCUT2D eigenvalue weighted by molar-refractivity contribution is 7.89. The predicted molar refractivity (Wildman–Crippen MR) is 81.8 cm³/mol. The minimum atomic E-state index is -3.75. The smallest absolute Gasteiger partial charge is 0.238 e. The molecule has 0 amide bonds. The Hall–Kier alpha value is -0.750. The zero-order chi connectivity index (χ0) is 15.6. The number of benzene rings is 1. The number of rotatable bonds is 4. The Balaban J connectivity index is 3.25. The molecule has 0 atom stereocenters. The summed E-state index contributed by atoms with van der Waals surface area (Å²) in [6, 6.07) is 4.49. The minimum absolute atomic E-state index is 0.0498. The third kappa shape index (κ3) is 4.66. The van der Waals surface area contributed by atoms with Gasteiger partial charge in [-0.15, -0.1) is 0 Å². The minimum Gasteiger partial charge on any atom is -0.488 e. The van der Waals surface area contributed by atoms with Gasteiger partial charge in [-0.25, -0.2) is 13.6 Å². The van der Waals surface area contributed by atoms with Gasteiger partial charge in [0, 0.05) is 11.1 Å². The lowest BCUT2D eigenvalue weighted by molar-refractivity contribution is 0.347. The highest BCUT2D eigenvalue weighted by atomic mass is 35.5.